The Morgan fingerprint density at radius 3 is 2.55 bits per heavy atom. The maximum Gasteiger partial charge on any atom is 0.475 e. The first-order valence-corrected chi connectivity index (χ1v) is 22.5. The average molecular weight is 897 g/mol. The van der Waals surface area contributed by atoms with E-state index >= 15 is 0 Å². The third-order valence-electron chi connectivity index (χ3n) is 10.6. The number of nitriles is 1. The topological polar surface area (TPSA) is 295 Å². The summed E-state index contributed by atoms with van der Waals surface area (Å²) in [5.74, 6) is -2.76. The van der Waals surface area contributed by atoms with Crippen LogP contribution in [0.25, 0.3) is 16.8 Å². The quantitative estimate of drug-likeness (QED) is 0.119. The second kappa shape index (κ2) is 17.5. The van der Waals surface area contributed by atoms with Crippen LogP contribution in [0.3, 0.4) is 0 Å². The molecule has 0 saturated carbocycles. The van der Waals surface area contributed by atoms with Gasteiger partial charge in [0.1, 0.15) is 24.4 Å². The molecule has 4 N–H and O–H groups in total. The first-order chi connectivity index (χ1) is 29.6. The molecule has 23 nitrogen and oxygen atoms in total. The van der Waals surface area contributed by atoms with Gasteiger partial charge in [0.25, 0.3) is 11.5 Å². The highest BCUT2D eigenvalue weighted by atomic mass is 31.2. The van der Waals surface area contributed by atoms with Crippen LogP contribution in [0.15, 0.2) is 60.0 Å². The predicted octanol–water partition coefficient (Wildman–Crippen LogP) is 4.27. The van der Waals surface area contributed by atoms with E-state index in [-0.39, 0.29) is 41.6 Å². The maximum absolute atomic E-state index is 14.7. The molecule has 3 aliphatic rings. The molecular formula is C37H42N10O13P2. The number of ether oxygens (including phenoxy) is 2. The van der Waals surface area contributed by atoms with Crippen molar-refractivity contribution in [1.82, 2.24) is 33.9 Å². The molecule has 3 saturated heterocycles. The molecule has 2 bridgehead atoms. The molecule has 10 unspecified atom stereocenters. The van der Waals surface area contributed by atoms with Gasteiger partial charge in [-0.05, 0) is 12.1 Å². The number of hydrogen-bond acceptors (Lipinski definition) is 17. The Kier molecular flexibility index (Phi) is 12.2. The molecule has 2 amide bonds. The molecule has 3 aliphatic heterocycles. The van der Waals surface area contributed by atoms with Crippen molar-refractivity contribution in [3.05, 3.63) is 76.9 Å². The number of amides is 2. The number of H-pyrrole nitrogens is 1. The number of phosphoric ester groups is 2. The molecule has 4 aromatic heterocycles. The number of aromatic nitrogens is 7. The summed E-state index contributed by atoms with van der Waals surface area (Å²) in [6.07, 6.45) is -1.26. The number of phosphoric acid groups is 2. The zero-order chi connectivity index (χ0) is 43.9. The fourth-order valence-electron chi connectivity index (χ4n) is 7.36. The number of nitrogens with one attached hydrogen (secondary N) is 3. The number of fused-ring (bicyclic) bond motifs is 5. The van der Waals surface area contributed by atoms with E-state index in [4.69, 9.17) is 32.1 Å². The Bertz CT molecular complexity index is 2690. The van der Waals surface area contributed by atoms with Gasteiger partial charge in [0.2, 0.25) is 11.9 Å². The van der Waals surface area contributed by atoms with E-state index in [9.17, 15) is 33.7 Å². The van der Waals surface area contributed by atoms with E-state index in [2.05, 4.69) is 35.6 Å². The molecule has 25 heteroatoms. The van der Waals surface area contributed by atoms with Gasteiger partial charge in [0.15, 0.2) is 28.9 Å². The molecule has 1 aromatic carbocycles. The van der Waals surface area contributed by atoms with E-state index in [1.54, 1.807) is 68.6 Å². The van der Waals surface area contributed by atoms with Crippen molar-refractivity contribution >= 4 is 56.0 Å². The van der Waals surface area contributed by atoms with Gasteiger partial charge < -0.3 is 19.7 Å². The summed E-state index contributed by atoms with van der Waals surface area (Å²) in [7, 11) is -9.61. The molecule has 0 spiro atoms. The van der Waals surface area contributed by atoms with Crippen LogP contribution in [0.5, 0.6) is 0 Å². The van der Waals surface area contributed by atoms with Crippen LogP contribution in [-0.4, -0.2) is 94.8 Å². The third-order valence-corrected chi connectivity index (χ3v) is 13.1. The number of rotatable bonds is 9. The van der Waals surface area contributed by atoms with Gasteiger partial charge in [0.05, 0.1) is 56.6 Å². The number of imidazole rings is 2. The zero-order valence-corrected chi connectivity index (χ0v) is 35.4. The lowest BCUT2D eigenvalue weighted by atomic mass is 9.97. The largest absolute Gasteiger partial charge is 0.475 e. The monoisotopic (exact) mass is 896 g/mol. The summed E-state index contributed by atoms with van der Waals surface area (Å²) >= 11 is 0. The third kappa shape index (κ3) is 8.71. The average Bonchev–Trinajstić information content (AvgIpc) is 4.01. The Balaban J connectivity index is 1.10. The summed E-state index contributed by atoms with van der Waals surface area (Å²) in [4.78, 5) is 69.6. The number of benzene rings is 1. The molecule has 0 aliphatic carbocycles. The summed E-state index contributed by atoms with van der Waals surface area (Å²) in [6, 6.07) is 10.5. The second-order valence-corrected chi connectivity index (χ2v) is 18.2. The molecule has 5 aromatic rings. The van der Waals surface area contributed by atoms with Gasteiger partial charge >= 0.3 is 15.6 Å². The predicted molar refractivity (Wildman–Crippen MR) is 214 cm³/mol. The minimum Gasteiger partial charge on any atom is -0.363 e. The fraction of sp³-hybridized carbons (Fsp3) is 0.459. The van der Waals surface area contributed by atoms with E-state index in [0.29, 0.717) is 11.3 Å². The Labute approximate surface area is 352 Å². The minimum absolute atomic E-state index is 0.0466. The minimum atomic E-state index is -4.92. The van der Waals surface area contributed by atoms with Crippen LogP contribution in [-0.2, 0) is 46.0 Å². The van der Waals surface area contributed by atoms with Crippen molar-refractivity contribution in [3.63, 3.8) is 0 Å². The molecule has 0 radical (unpaired) electrons. The van der Waals surface area contributed by atoms with Crippen molar-refractivity contribution < 1.29 is 55.7 Å². The lowest BCUT2D eigenvalue weighted by Crippen LogP contribution is -2.32. The first kappa shape index (κ1) is 43.4. The van der Waals surface area contributed by atoms with Gasteiger partial charge in [-0.1, -0.05) is 45.9 Å². The summed E-state index contributed by atoms with van der Waals surface area (Å²) in [5.41, 5.74) is 0.286. The molecule has 7 heterocycles. The van der Waals surface area contributed by atoms with Crippen LogP contribution in [0.4, 0.5) is 11.8 Å². The summed E-state index contributed by atoms with van der Waals surface area (Å²) in [5, 5.41) is 14.6. The molecule has 10 atom stereocenters. The molecule has 62 heavy (non-hydrogen) atoms. The van der Waals surface area contributed by atoms with E-state index in [1.165, 1.54) is 23.3 Å². The van der Waals surface area contributed by atoms with Gasteiger partial charge in [-0.3, -0.25) is 56.3 Å². The second-order valence-electron chi connectivity index (χ2n) is 15.1. The molecule has 8 rings (SSSR count). The molecule has 3 fully saturated rings. The Hall–Kier alpha value is -5.24. The Morgan fingerprint density at radius 1 is 1.02 bits per heavy atom. The number of carbonyl (C=O) groups is 2. The maximum atomic E-state index is 14.7. The van der Waals surface area contributed by atoms with E-state index in [0.717, 1.165) is 0 Å². The molecule has 328 valence electrons. The smallest absolute Gasteiger partial charge is 0.363 e. The van der Waals surface area contributed by atoms with Gasteiger partial charge in [-0.2, -0.15) is 10.2 Å². The molecular weight excluding hydrogens is 854 g/mol. The zero-order valence-electron chi connectivity index (χ0n) is 33.6. The highest BCUT2D eigenvalue weighted by molar-refractivity contribution is 7.48. The van der Waals surface area contributed by atoms with Crippen molar-refractivity contribution in [2.45, 2.75) is 70.9 Å². The number of anilines is 2. The number of nitrogens with zero attached hydrogens (tertiary/aromatic N) is 7. The van der Waals surface area contributed by atoms with Crippen molar-refractivity contribution in [2.75, 3.05) is 30.5 Å². The van der Waals surface area contributed by atoms with Gasteiger partial charge in [-0.25, -0.2) is 24.1 Å². The van der Waals surface area contributed by atoms with E-state index in [1.807, 2.05) is 6.07 Å². The fourth-order valence-corrected chi connectivity index (χ4v) is 9.82. The normalized spacial score (nSPS) is 30.3. The van der Waals surface area contributed by atoms with Crippen LogP contribution in [0, 0.1) is 29.1 Å². The highest BCUT2D eigenvalue weighted by Gasteiger charge is 2.53. The van der Waals surface area contributed by atoms with Crippen molar-refractivity contribution in [2.24, 2.45) is 17.8 Å². The number of hydrogen-bond donors (Lipinski definition) is 4. The van der Waals surface area contributed by atoms with Crippen LogP contribution in [0.2, 0.25) is 0 Å². The van der Waals surface area contributed by atoms with Gasteiger partial charge in [-0.15, -0.1) is 0 Å². The standard InChI is InChI=1S/C37H42N10O13P2/c1-19(2)33(48)44-37-43-31-26(35(50)45-37)41-18-47(31)36-29-20(3)24(58-36)16-55-61(51,52)59-28-21(4)27(57-25(28)17-56-62(53,60-29)54-14-8-11-38)23-15-40-32-30(39-12-13-46(23)32)42-34(49)22-9-6-5-7-10-22/h5-7,9-10,12-13,15,18-21,24-25,27-29,36H,8,14,16-17H2,1-4H3,(H,51,52)(H,39,42,49)(H2,43,44,45,48,50). The van der Waals surface area contributed by atoms with Crippen LogP contribution in [0.1, 0.15) is 62.5 Å². The number of aromatic amines is 1. The van der Waals surface area contributed by atoms with Gasteiger partial charge in [0, 0.05) is 35.7 Å². The number of carbonyl (C=O) groups excluding carboxylic acids is 2. The van der Waals surface area contributed by atoms with Crippen LogP contribution >= 0.6 is 15.6 Å². The summed E-state index contributed by atoms with van der Waals surface area (Å²) in [6.45, 7) is 5.19. The van der Waals surface area contributed by atoms with Crippen LogP contribution < -0.4 is 16.2 Å². The lowest BCUT2D eigenvalue weighted by molar-refractivity contribution is -0.118. The lowest BCUT2D eigenvalue weighted by Gasteiger charge is -2.28. The summed E-state index contributed by atoms with van der Waals surface area (Å²) < 4.78 is 73.3. The highest BCUT2D eigenvalue weighted by Crippen LogP contribution is 2.58. The van der Waals surface area contributed by atoms with Crippen molar-refractivity contribution in [1.29, 1.82) is 5.26 Å². The Morgan fingerprint density at radius 2 is 1.79 bits per heavy atom. The van der Waals surface area contributed by atoms with Crippen molar-refractivity contribution in [3.8, 4) is 6.07 Å². The SMILES string of the molecule is CC(C)C(=O)Nc1nc2c(ncn2C2OC3COP(=O)(O)OC4C(COP(=O)(OCCC#N)OC2C3C)OC(c2cnc3c(NC(=O)c5ccccc5)nccn23)C4C)c(=O)[nH]1. The first-order valence-electron chi connectivity index (χ1n) is 19.5. The van der Waals surface area contributed by atoms with E-state index < -0.39 is 101 Å².